The van der Waals surface area contributed by atoms with Crippen LogP contribution in [0.15, 0.2) is 22.0 Å². The van der Waals surface area contributed by atoms with E-state index in [0.29, 0.717) is 11.7 Å². The van der Waals surface area contributed by atoms with Crippen LogP contribution in [-0.2, 0) is 0 Å². The molecule has 6 heteroatoms. The number of thiazole rings is 1. The van der Waals surface area contributed by atoms with Crippen LogP contribution in [0.1, 0.15) is 31.2 Å². The Morgan fingerprint density at radius 1 is 1.18 bits per heavy atom. The van der Waals surface area contributed by atoms with Gasteiger partial charge >= 0.3 is 0 Å². The summed E-state index contributed by atoms with van der Waals surface area (Å²) < 4.78 is 6.20. The van der Waals surface area contributed by atoms with Gasteiger partial charge in [0.05, 0.1) is 22.8 Å². The van der Waals surface area contributed by atoms with E-state index in [1.807, 2.05) is 19.1 Å². The van der Waals surface area contributed by atoms with Crippen LogP contribution < -0.4 is 4.74 Å². The fraction of sp³-hybridized carbons (Fsp3) is 0.312. The summed E-state index contributed by atoms with van der Waals surface area (Å²) in [7, 11) is 1.65. The second kappa shape index (κ2) is 5.93. The molecule has 114 valence electrons. The van der Waals surface area contributed by atoms with Gasteiger partial charge in [-0.1, -0.05) is 13.8 Å². The number of halogens is 1. The highest BCUT2D eigenvalue weighted by Crippen LogP contribution is 2.34. The van der Waals surface area contributed by atoms with Crippen molar-refractivity contribution in [2.75, 3.05) is 7.11 Å². The zero-order valence-electron chi connectivity index (χ0n) is 12.8. The second-order valence-electron chi connectivity index (χ2n) is 5.34. The van der Waals surface area contributed by atoms with Crippen molar-refractivity contribution in [3.63, 3.8) is 0 Å². The first-order chi connectivity index (χ1) is 10.5. The molecule has 0 saturated carbocycles. The first-order valence-electron chi connectivity index (χ1n) is 6.98. The van der Waals surface area contributed by atoms with Crippen molar-refractivity contribution in [3.05, 3.63) is 33.4 Å². The number of benzene rings is 1. The third-order valence-corrected chi connectivity index (χ3v) is 5.11. The second-order valence-corrected chi connectivity index (χ2v) is 6.99. The predicted octanol–water partition coefficient (Wildman–Crippen LogP) is 4.96. The highest BCUT2D eigenvalue weighted by molar-refractivity contribution is 9.10. The summed E-state index contributed by atoms with van der Waals surface area (Å²) >= 11 is 5.16. The summed E-state index contributed by atoms with van der Waals surface area (Å²) in [5.74, 6) is 1.83. The van der Waals surface area contributed by atoms with E-state index >= 15 is 0 Å². The van der Waals surface area contributed by atoms with E-state index in [4.69, 9.17) is 9.72 Å². The number of hydrogen-bond donors (Lipinski definition) is 0. The van der Waals surface area contributed by atoms with Gasteiger partial charge in [-0.3, -0.25) is 0 Å². The predicted molar refractivity (Wildman–Crippen MR) is 93.7 cm³/mol. The molecule has 0 atom stereocenters. The Morgan fingerprint density at radius 3 is 2.59 bits per heavy atom. The normalized spacial score (nSPS) is 11.4. The quantitative estimate of drug-likeness (QED) is 0.647. The summed E-state index contributed by atoms with van der Waals surface area (Å²) in [6.45, 7) is 6.25. The third kappa shape index (κ3) is 2.61. The molecule has 4 nitrogen and oxygen atoms in total. The molecule has 0 aliphatic rings. The van der Waals surface area contributed by atoms with Crippen molar-refractivity contribution in [2.45, 2.75) is 26.7 Å². The number of aryl methyl sites for hydroxylation is 1. The van der Waals surface area contributed by atoms with Crippen molar-refractivity contribution in [3.8, 4) is 16.6 Å². The van der Waals surface area contributed by atoms with Gasteiger partial charge in [-0.15, -0.1) is 11.3 Å². The smallest absolute Gasteiger partial charge is 0.189 e. The fourth-order valence-electron chi connectivity index (χ4n) is 2.20. The number of fused-ring (bicyclic) bond motifs is 1. The molecular weight excluding hydrogens is 362 g/mol. The molecular formula is C16H16BrN3OS. The molecule has 3 rings (SSSR count). The van der Waals surface area contributed by atoms with Gasteiger partial charge < -0.3 is 4.74 Å². The van der Waals surface area contributed by atoms with Crippen molar-refractivity contribution in [2.24, 2.45) is 0 Å². The Kier molecular flexibility index (Phi) is 4.14. The molecule has 1 aromatic carbocycles. The number of rotatable bonds is 3. The molecule has 2 heterocycles. The lowest BCUT2D eigenvalue weighted by atomic mass is 10.2. The lowest BCUT2D eigenvalue weighted by Gasteiger charge is -2.09. The highest BCUT2D eigenvalue weighted by atomic mass is 79.9. The molecule has 0 amide bonds. The molecule has 0 saturated heterocycles. The molecule has 0 fully saturated rings. The summed E-state index contributed by atoms with van der Waals surface area (Å²) in [5, 5.41) is 3.93. The molecule has 2 aromatic heterocycles. The van der Waals surface area contributed by atoms with Gasteiger partial charge in [-0.05, 0) is 40.9 Å². The Balaban J connectivity index is 2.20. The minimum Gasteiger partial charge on any atom is -0.495 e. The minimum absolute atomic E-state index is 0.401. The Hall–Kier alpha value is -1.53. The van der Waals surface area contributed by atoms with Crippen LogP contribution in [-0.4, -0.2) is 22.1 Å². The lowest BCUT2D eigenvalue weighted by Crippen LogP contribution is -1.96. The maximum Gasteiger partial charge on any atom is 0.189 e. The van der Waals surface area contributed by atoms with Gasteiger partial charge in [0.2, 0.25) is 0 Å². The van der Waals surface area contributed by atoms with Crippen LogP contribution in [0.4, 0.5) is 0 Å². The van der Waals surface area contributed by atoms with Gasteiger partial charge in [0.1, 0.15) is 5.75 Å². The fourth-order valence-corrected chi connectivity index (χ4v) is 3.71. The van der Waals surface area contributed by atoms with Crippen LogP contribution in [0.3, 0.4) is 0 Å². The minimum atomic E-state index is 0.401. The Bertz CT molecular complexity index is 845. The van der Waals surface area contributed by atoms with Gasteiger partial charge in [-0.2, -0.15) is 0 Å². The largest absolute Gasteiger partial charge is 0.495 e. The summed E-state index contributed by atoms with van der Waals surface area (Å²) in [6.07, 6.45) is 0. The number of hydrogen-bond acceptors (Lipinski definition) is 5. The van der Waals surface area contributed by atoms with Gasteiger partial charge in [0.15, 0.2) is 10.8 Å². The zero-order valence-corrected chi connectivity index (χ0v) is 15.2. The average Bonchev–Trinajstić information content (AvgIpc) is 2.98. The Labute approximate surface area is 141 Å². The van der Waals surface area contributed by atoms with Crippen molar-refractivity contribution in [1.29, 1.82) is 0 Å². The number of methoxy groups -OCH3 is 1. The summed E-state index contributed by atoms with van der Waals surface area (Å²) in [5.41, 5.74) is 2.86. The average molecular weight is 378 g/mol. The molecule has 0 bridgehead atoms. The molecule has 3 aromatic rings. The monoisotopic (exact) mass is 377 g/mol. The van der Waals surface area contributed by atoms with E-state index in [9.17, 15) is 0 Å². The van der Waals surface area contributed by atoms with Gasteiger partial charge in [-0.25, -0.2) is 15.0 Å². The summed E-state index contributed by atoms with van der Waals surface area (Å²) in [4.78, 5) is 14.0. The third-order valence-electron chi connectivity index (χ3n) is 3.49. The Morgan fingerprint density at radius 2 is 1.95 bits per heavy atom. The lowest BCUT2D eigenvalue weighted by molar-refractivity contribution is 0.413. The van der Waals surface area contributed by atoms with Crippen LogP contribution in [0.2, 0.25) is 0 Å². The molecule has 0 N–H and O–H groups in total. The van der Waals surface area contributed by atoms with E-state index < -0.39 is 0 Å². The van der Waals surface area contributed by atoms with Crippen LogP contribution >= 0.6 is 27.3 Å². The van der Waals surface area contributed by atoms with E-state index in [1.165, 1.54) is 0 Å². The molecule has 0 radical (unpaired) electrons. The van der Waals surface area contributed by atoms with Crippen molar-refractivity contribution >= 4 is 38.2 Å². The van der Waals surface area contributed by atoms with Crippen LogP contribution in [0, 0.1) is 6.92 Å². The van der Waals surface area contributed by atoms with E-state index in [2.05, 4.69) is 45.1 Å². The number of ether oxygens (including phenoxy) is 1. The molecule has 22 heavy (non-hydrogen) atoms. The maximum atomic E-state index is 5.35. The number of aromatic nitrogens is 3. The maximum absolute atomic E-state index is 5.35. The van der Waals surface area contributed by atoms with Crippen LogP contribution in [0.5, 0.6) is 5.75 Å². The molecule has 0 aliphatic carbocycles. The van der Waals surface area contributed by atoms with Crippen LogP contribution in [0.25, 0.3) is 21.7 Å². The SMILES string of the molecule is COc1ccc2c(C)nc(-c3nc(C(C)C)cs3)nc2c1Br. The summed E-state index contributed by atoms with van der Waals surface area (Å²) in [6, 6.07) is 3.90. The van der Waals surface area contributed by atoms with E-state index in [1.54, 1.807) is 18.4 Å². The van der Waals surface area contributed by atoms with Crippen molar-refractivity contribution < 1.29 is 4.74 Å². The molecule has 0 spiro atoms. The number of nitrogens with zero attached hydrogens (tertiary/aromatic N) is 3. The highest BCUT2D eigenvalue weighted by Gasteiger charge is 2.15. The van der Waals surface area contributed by atoms with Crippen molar-refractivity contribution in [1.82, 2.24) is 15.0 Å². The van der Waals surface area contributed by atoms with E-state index in [-0.39, 0.29) is 0 Å². The van der Waals surface area contributed by atoms with Gasteiger partial charge in [0, 0.05) is 16.5 Å². The molecule has 0 unspecified atom stereocenters. The van der Waals surface area contributed by atoms with E-state index in [0.717, 1.165) is 37.5 Å². The first kappa shape index (κ1) is 15.4. The molecule has 0 aliphatic heterocycles. The van der Waals surface area contributed by atoms with Gasteiger partial charge in [0.25, 0.3) is 0 Å². The topological polar surface area (TPSA) is 47.9 Å². The first-order valence-corrected chi connectivity index (χ1v) is 8.65. The standard InChI is InChI=1S/C16H16BrN3OS/c1-8(2)11-7-22-16(19-11)15-18-9(3)10-5-6-12(21-4)13(17)14(10)20-15/h5-8H,1-4H3. The zero-order chi connectivity index (χ0) is 15.9.